The molecule has 1 heterocycles. The SMILES string of the molecule is CCCCCCCCCCCCCCCC[N+](C)(C)CN1CCCC1=O. The lowest BCUT2D eigenvalue weighted by Gasteiger charge is -2.33. The molecule has 0 aromatic rings. The van der Waals surface area contributed by atoms with E-state index < -0.39 is 0 Å². The largest absolute Gasteiger partial charge is 0.311 e. The minimum Gasteiger partial charge on any atom is -0.311 e. The monoisotopic (exact) mass is 367 g/mol. The third-order valence-corrected chi connectivity index (χ3v) is 5.84. The van der Waals surface area contributed by atoms with E-state index in [4.69, 9.17) is 0 Å². The Morgan fingerprint density at radius 1 is 0.769 bits per heavy atom. The summed E-state index contributed by atoms with van der Waals surface area (Å²) in [7, 11) is 4.54. The van der Waals surface area contributed by atoms with Crippen molar-refractivity contribution >= 4 is 5.91 Å². The van der Waals surface area contributed by atoms with Crippen molar-refractivity contribution in [3.8, 4) is 0 Å². The third kappa shape index (κ3) is 11.9. The van der Waals surface area contributed by atoms with Crippen LogP contribution in [0.25, 0.3) is 0 Å². The first-order valence-electron chi connectivity index (χ1n) is 11.6. The molecule has 0 aromatic heterocycles. The summed E-state index contributed by atoms with van der Waals surface area (Å²) in [6.45, 7) is 5.36. The summed E-state index contributed by atoms with van der Waals surface area (Å²) in [5.74, 6) is 0.358. The van der Waals surface area contributed by atoms with E-state index in [1.165, 1.54) is 96.4 Å². The Balaban J connectivity index is 1.84. The topological polar surface area (TPSA) is 20.3 Å². The van der Waals surface area contributed by atoms with Crippen molar-refractivity contribution in [3.05, 3.63) is 0 Å². The first kappa shape index (κ1) is 23.5. The molecule has 3 nitrogen and oxygen atoms in total. The van der Waals surface area contributed by atoms with Crippen LogP contribution >= 0.6 is 0 Å². The van der Waals surface area contributed by atoms with Crippen molar-refractivity contribution < 1.29 is 9.28 Å². The van der Waals surface area contributed by atoms with Gasteiger partial charge in [0.05, 0.1) is 20.6 Å². The van der Waals surface area contributed by atoms with Gasteiger partial charge in [-0.25, -0.2) is 0 Å². The van der Waals surface area contributed by atoms with E-state index in [2.05, 4.69) is 25.9 Å². The van der Waals surface area contributed by atoms with Crippen LogP contribution in [-0.2, 0) is 4.79 Å². The molecule has 1 saturated heterocycles. The summed E-state index contributed by atoms with van der Waals surface area (Å²) in [5.41, 5.74) is 0. The molecule has 26 heavy (non-hydrogen) atoms. The average Bonchev–Trinajstić information content (AvgIpc) is 2.99. The highest BCUT2D eigenvalue weighted by Gasteiger charge is 2.26. The normalized spacial score (nSPS) is 15.2. The number of rotatable bonds is 17. The van der Waals surface area contributed by atoms with Crippen LogP contribution in [0, 0.1) is 0 Å². The van der Waals surface area contributed by atoms with Gasteiger partial charge >= 0.3 is 0 Å². The molecule has 0 N–H and O–H groups in total. The molecule has 1 amide bonds. The molecule has 0 aliphatic carbocycles. The zero-order valence-electron chi connectivity index (χ0n) is 18.2. The maximum absolute atomic E-state index is 11.8. The maximum Gasteiger partial charge on any atom is 0.226 e. The van der Waals surface area contributed by atoms with Crippen LogP contribution < -0.4 is 0 Å². The zero-order valence-corrected chi connectivity index (χ0v) is 18.2. The third-order valence-electron chi connectivity index (χ3n) is 5.84. The Labute approximate surface area is 164 Å². The van der Waals surface area contributed by atoms with Gasteiger partial charge in [0.25, 0.3) is 0 Å². The summed E-state index contributed by atoms with van der Waals surface area (Å²) in [5, 5.41) is 0. The Bertz CT molecular complexity index is 354. The smallest absolute Gasteiger partial charge is 0.226 e. The van der Waals surface area contributed by atoms with E-state index in [1.807, 2.05) is 0 Å². The first-order chi connectivity index (χ1) is 12.5. The standard InChI is InChI=1S/C23H47N2O/c1-4-5-6-7-8-9-10-11-12-13-14-15-16-17-21-25(2,3)22-24-20-18-19-23(24)26/h4-22H2,1-3H3/q+1. The van der Waals surface area contributed by atoms with Gasteiger partial charge < -0.3 is 4.48 Å². The van der Waals surface area contributed by atoms with E-state index in [9.17, 15) is 4.79 Å². The summed E-state index contributed by atoms with van der Waals surface area (Å²) < 4.78 is 0.962. The Morgan fingerprint density at radius 2 is 1.23 bits per heavy atom. The highest BCUT2D eigenvalue weighted by Crippen LogP contribution is 2.15. The van der Waals surface area contributed by atoms with Crippen LogP contribution in [0.4, 0.5) is 0 Å². The predicted molar refractivity (Wildman–Crippen MR) is 113 cm³/mol. The number of nitrogens with zero attached hydrogens (tertiary/aromatic N) is 2. The second-order valence-corrected chi connectivity index (χ2v) is 9.16. The molecular formula is C23H47N2O+. The molecule has 3 heteroatoms. The number of hydrogen-bond acceptors (Lipinski definition) is 1. The van der Waals surface area contributed by atoms with E-state index in [1.54, 1.807) is 0 Å². The van der Waals surface area contributed by atoms with Crippen molar-refractivity contribution in [1.29, 1.82) is 0 Å². The minimum atomic E-state index is 0.358. The Morgan fingerprint density at radius 3 is 1.65 bits per heavy atom. The van der Waals surface area contributed by atoms with Crippen LogP contribution in [0.1, 0.15) is 110 Å². The molecule has 0 aromatic carbocycles. The van der Waals surface area contributed by atoms with Gasteiger partial charge in [0.1, 0.15) is 0 Å². The van der Waals surface area contributed by atoms with Gasteiger partial charge in [-0.3, -0.25) is 9.69 Å². The number of carbonyl (C=O) groups is 1. The van der Waals surface area contributed by atoms with Crippen LogP contribution in [0.3, 0.4) is 0 Å². The van der Waals surface area contributed by atoms with Crippen LogP contribution in [0.2, 0.25) is 0 Å². The van der Waals surface area contributed by atoms with Crippen LogP contribution in [0.15, 0.2) is 0 Å². The Hall–Kier alpha value is -0.570. The predicted octanol–water partition coefficient (Wildman–Crippen LogP) is 6.12. The molecule has 0 saturated carbocycles. The number of carbonyl (C=O) groups excluding carboxylic acids is 1. The van der Waals surface area contributed by atoms with Gasteiger partial charge in [-0.1, -0.05) is 84.0 Å². The number of amides is 1. The van der Waals surface area contributed by atoms with Gasteiger partial charge in [0, 0.05) is 13.0 Å². The van der Waals surface area contributed by atoms with E-state index in [0.717, 1.165) is 30.5 Å². The second-order valence-electron chi connectivity index (χ2n) is 9.16. The summed E-state index contributed by atoms with van der Waals surface area (Å²) in [4.78, 5) is 13.8. The average molecular weight is 368 g/mol. The molecule has 0 atom stereocenters. The summed E-state index contributed by atoms with van der Waals surface area (Å²) in [6, 6.07) is 0. The minimum absolute atomic E-state index is 0.358. The second kappa shape index (κ2) is 14.5. The van der Waals surface area contributed by atoms with E-state index in [-0.39, 0.29) is 0 Å². The lowest BCUT2D eigenvalue weighted by Crippen LogP contribution is -2.49. The van der Waals surface area contributed by atoms with Crippen molar-refractivity contribution in [3.63, 3.8) is 0 Å². The lowest BCUT2D eigenvalue weighted by atomic mass is 10.0. The Kier molecular flexibility index (Phi) is 13.1. The maximum atomic E-state index is 11.8. The molecule has 0 spiro atoms. The lowest BCUT2D eigenvalue weighted by molar-refractivity contribution is -0.899. The van der Waals surface area contributed by atoms with Crippen LogP contribution in [0.5, 0.6) is 0 Å². The summed E-state index contributed by atoms with van der Waals surface area (Å²) >= 11 is 0. The van der Waals surface area contributed by atoms with Gasteiger partial charge in [-0.15, -0.1) is 0 Å². The van der Waals surface area contributed by atoms with Crippen molar-refractivity contribution in [2.75, 3.05) is 33.9 Å². The number of likely N-dealkylation sites (tertiary alicyclic amines) is 1. The molecular weight excluding hydrogens is 320 g/mol. The molecule has 154 valence electrons. The molecule has 0 radical (unpaired) electrons. The first-order valence-corrected chi connectivity index (χ1v) is 11.6. The fraction of sp³-hybridized carbons (Fsp3) is 0.957. The highest BCUT2D eigenvalue weighted by molar-refractivity contribution is 5.77. The van der Waals surface area contributed by atoms with Crippen molar-refractivity contribution in [2.24, 2.45) is 0 Å². The molecule has 0 unspecified atom stereocenters. The fourth-order valence-electron chi connectivity index (χ4n) is 4.12. The quantitative estimate of drug-likeness (QED) is 0.224. The number of quaternary nitrogens is 1. The molecule has 1 rings (SSSR count). The van der Waals surface area contributed by atoms with Crippen LogP contribution in [-0.4, -0.2) is 49.1 Å². The van der Waals surface area contributed by atoms with Crippen molar-refractivity contribution in [1.82, 2.24) is 4.90 Å². The van der Waals surface area contributed by atoms with Gasteiger partial charge in [-0.2, -0.15) is 0 Å². The van der Waals surface area contributed by atoms with Gasteiger partial charge in [0.2, 0.25) is 5.91 Å². The highest BCUT2D eigenvalue weighted by atomic mass is 16.2. The van der Waals surface area contributed by atoms with Crippen molar-refractivity contribution in [2.45, 2.75) is 110 Å². The molecule has 1 aliphatic heterocycles. The molecule has 1 fully saturated rings. The number of unbranched alkanes of at least 4 members (excludes halogenated alkanes) is 13. The summed E-state index contributed by atoms with van der Waals surface area (Å²) in [6.07, 6.45) is 21.6. The molecule has 1 aliphatic rings. The van der Waals surface area contributed by atoms with E-state index >= 15 is 0 Å². The number of hydrogen-bond donors (Lipinski definition) is 0. The zero-order chi connectivity index (χ0) is 19.1. The fourth-order valence-corrected chi connectivity index (χ4v) is 4.12. The van der Waals surface area contributed by atoms with E-state index in [0.29, 0.717) is 5.91 Å². The molecule has 0 bridgehead atoms. The van der Waals surface area contributed by atoms with Gasteiger partial charge in [-0.05, 0) is 19.3 Å². The van der Waals surface area contributed by atoms with Gasteiger partial charge in [0.15, 0.2) is 6.67 Å².